The van der Waals surface area contributed by atoms with E-state index in [0.29, 0.717) is 29.3 Å². The van der Waals surface area contributed by atoms with Gasteiger partial charge in [-0.1, -0.05) is 0 Å². The van der Waals surface area contributed by atoms with Crippen LogP contribution in [0.5, 0.6) is 5.88 Å². The van der Waals surface area contributed by atoms with Gasteiger partial charge in [0, 0.05) is 24.7 Å². The Labute approximate surface area is 126 Å². The molecule has 0 unspecified atom stereocenters. The molecule has 0 fully saturated rings. The van der Waals surface area contributed by atoms with Crippen LogP contribution in [0.15, 0.2) is 35.5 Å². The van der Waals surface area contributed by atoms with E-state index >= 15 is 0 Å². The summed E-state index contributed by atoms with van der Waals surface area (Å²) in [6.45, 7) is 4.42. The molecule has 7 nitrogen and oxygen atoms in total. The minimum atomic E-state index is -0.166. The highest BCUT2D eigenvalue weighted by atomic mass is 16.5. The minimum Gasteiger partial charge on any atom is -0.477 e. The molecule has 0 spiro atoms. The van der Waals surface area contributed by atoms with Crippen molar-refractivity contribution in [2.24, 2.45) is 0 Å². The molecule has 3 rings (SSSR count). The largest absolute Gasteiger partial charge is 0.477 e. The molecule has 3 aromatic rings. The third-order valence-corrected chi connectivity index (χ3v) is 3.13. The van der Waals surface area contributed by atoms with Crippen LogP contribution >= 0.6 is 0 Å². The average Bonchev–Trinajstić information content (AvgIpc) is 2.52. The standard InChI is InChI=1S/C15H15N5O2/c1-3-22-15-12(16-6-7-17-15)9-20-13(21)5-4-11-14(20)19-10(2)8-18-11/h4-8H,3,9H2,1-2H3. The van der Waals surface area contributed by atoms with Crippen LogP contribution in [0, 0.1) is 6.92 Å². The van der Waals surface area contributed by atoms with E-state index in [1.807, 2.05) is 13.8 Å². The summed E-state index contributed by atoms with van der Waals surface area (Å²) in [5.74, 6) is 0.425. The monoisotopic (exact) mass is 297 g/mol. The summed E-state index contributed by atoms with van der Waals surface area (Å²) < 4.78 is 6.99. The highest BCUT2D eigenvalue weighted by molar-refractivity contribution is 5.69. The first kappa shape index (κ1) is 14.1. The van der Waals surface area contributed by atoms with Crippen molar-refractivity contribution >= 4 is 11.2 Å². The highest BCUT2D eigenvalue weighted by Gasteiger charge is 2.11. The zero-order chi connectivity index (χ0) is 15.5. The Morgan fingerprint density at radius 3 is 2.82 bits per heavy atom. The molecule has 0 saturated carbocycles. The van der Waals surface area contributed by atoms with Crippen LogP contribution in [-0.2, 0) is 6.54 Å². The minimum absolute atomic E-state index is 0.166. The van der Waals surface area contributed by atoms with Crippen molar-refractivity contribution in [3.63, 3.8) is 0 Å². The molecule has 0 N–H and O–H groups in total. The van der Waals surface area contributed by atoms with Gasteiger partial charge in [-0.2, -0.15) is 0 Å². The Hall–Kier alpha value is -2.83. The van der Waals surface area contributed by atoms with E-state index in [1.165, 1.54) is 10.6 Å². The lowest BCUT2D eigenvalue weighted by atomic mass is 10.3. The van der Waals surface area contributed by atoms with Gasteiger partial charge in [-0.3, -0.25) is 19.3 Å². The maximum absolute atomic E-state index is 12.2. The van der Waals surface area contributed by atoms with Crippen molar-refractivity contribution in [1.29, 1.82) is 0 Å². The first-order valence-electron chi connectivity index (χ1n) is 6.95. The molecule has 112 valence electrons. The SMILES string of the molecule is CCOc1nccnc1Cn1c(=O)ccc2ncc(C)nc21. The highest BCUT2D eigenvalue weighted by Crippen LogP contribution is 2.14. The van der Waals surface area contributed by atoms with Crippen LogP contribution in [-0.4, -0.2) is 31.1 Å². The predicted molar refractivity (Wildman–Crippen MR) is 80.8 cm³/mol. The Bertz CT molecular complexity index is 875. The van der Waals surface area contributed by atoms with Gasteiger partial charge in [-0.15, -0.1) is 0 Å². The summed E-state index contributed by atoms with van der Waals surface area (Å²) in [5, 5.41) is 0. The number of pyridine rings is 1. The molecular weight excluding hydrogens is 282 g/mol. The van der Waals surface area contributed by atoms with E-state index < -0.39 is 0 Å². The van der Waals surface area contributed by atoms with E-state index in [1.54, 1.807) is 24.7 Å². The molecule has 22 heavy (non-hydrogen) atoms. The van der Waals surface area contributed by atoms with Gasteiger partial charge in [0.1, 0.15) is 11.2 Å². The van der Waals surface area contributed by atoms with Gasteiger partial charge in [0.25, 0.3) is 5.56 Å². The molecule has 0 aliphatic carbocycles. The molecule has 0 bridgehead atoms. The number of hydrogen-bond donors (Lipinski definition) is 0. The number of aryl methyl sites for hydroxylation is 1. The second kappa shape index (κ2) is 5.88. The fraction of sp³-hybridized carbons (Fsp3) is 0.267. The molecule has 0 aliphatic heterocycles. The molecule has 0 radical (unpaired) electrons. The smallest absolute Gasteiger partial charge is 0.252 e. The van der Waals surface area contributed by atoms with Crippen LogP contribution in [0.1, 0.15) is 18.3 Å². The second-order valence-corrected chi connectivity index (χ2v) is 4.72. The fourth-order valence-electron chi connectivity index (χ4n) is 2.16. The Balaban J connectivity index is 2.13. The van der Waals surface area contributed by atoms with Crippen LogP contribution in [0.2, 0.25) is 0 Å². The van der Waals surface area contributed by atoms with Crippen molar-refractivity contribution in [3.8, 4) is 5.88 Å². The number of nitrogens with zero attached hydrogens (tertiary/aromatic N) is 5. The molecule has 7 heteroatoms. The maximum atomic E-state index is 12.2. The number of ether oxygens (including phenoxy) is 1. The third-order valence-electron chi connectivity index (χ3n) is 3.13. The summed E-state index contributed by atoms with van der Waals surface area (Å²) in [6.07, 6.45) is 4.81. The number of hydrogen-bond acceptors (Lipinski definition) is 6. The van der Waals surface area contributed by atoms with E-state index in [2.05, 4.69) is 19.9 Å². The van der Waals surface area contributed by atoms with E-state index in [4.69, 9.17) is 4.74 Å². The van der Waals surface area contributed by atoms with Crippen LogP contribution in [0.3, 0.4) is 0 Å². The summed E-state index contributed by atoms with van der Waals surface area (Å²) in [7, 11) is 0. The van der Waals surface area contributed by atoms with Gasteiger partial charge >= 0.3 is 0 Å². The third kappa shape index (κ3) is 2.65. The van der Waals surface area contributed by atoms with E-state index in [0.717, 1.165) is 5.69 Å². The summed E-state index contributed by atoms with van der Waals surface area (Å²) in [5.41, 5.74) is 2.35. The summed E-state index contributed by atoms with van der Waals surface area (Å²) >= 11 is 0. The first-order valence-corrected chi connectivity index (χ1v) is 6.95. The predicted octanol–water partition coefficient (Wildman–Crippen LogP) is 1.34. The van der Waals surface area contributed by atoms with Crippen LogP contribution in [0.25, 0.3) is 11.2 Å². The Morgan fingerprint density at radius 2 is 2.00 bits per heavy atom. The molecule has 3 heterocycles. The lowest BCUT2D eigenvalue weighted by Gasteiger charge is -2.11. The summed E-state index contributed by atoms with van der Waals surface area (Å²) in [4.78, 5) is 29.4. The number of aromatic nitrogens is 5. The van der Waals surface area contributed by atoms with Crippen molar-refractivity contribution in [3.05, 3.63) is 52.5 Å². The van der Waals surface area contributed by atoms with Gasteiger partial charge in [-0.05, 0) is 19.9 Å². The molecule has 0 aromatic carbocycles. The molecule has 0 saturated heterocycles. The van der Waals surface area contributed by atoms with E-state index in [9.17, 15) is 4.79 Å². The lowest BCUT2D eigenvalue weighted by molar-refractivity contribution is 0.319. The van der Waals surface area contributed by atoms with Gasteiger partial charge in [0.05, 0.1) is 18.8 Å². The van der Waals surface area contributed by atoms with Gasteiger partial charge < -0.3 is 4.74 Å². The molecule has 0 atom stereocenters. The van der Waals surface area contributed by atoms with Gasteiger partial charge in [0.2, 0.25) is 5.88 Å². The van der Waals surface area contributed by atoms with Crippen molar-refractivity contribution < 1.29 is 4.74 Å². The summed E-state index contributed by atoms with van der Waals surface area (Å²) in [6, 6.07) is 3.14. The van der Waals surface area contributed by atoms with E-state index in [-0.39, 0.29) is 12.1 Å². The number of fused-ring (bicyclic) bond motifs is 1. The maximum Gasteiger partial charge on any atom is 0.252 e. The Morgan fingerprint density at radius 1 is 1.18 bits per heavy atom. The van der Waals surface area contributed by atoms with Crippen LogP contribution < -0.4 is 10.3 Å². The van der Waals surface area contributed by atoms with Crippen molar-refractivity contribution in [2.45, 2.75) is 20.4 Å². The molecule has 0 amide bonds. The van der Waals surface area contributed by atoms with Crippen molar-refractivity contribution in [2.75, 3.05) is 6.61 Å². The zero-order valence-corrected chi connectivity index (χ0v) is 12.4. The average molecular weight is 297 g/mol. The molecule has 0 aliphatic rings. The molecular formula is C15H15N5O2. The zero-order valence-electron chi connectivity index (χ0n) is 12.4. The van der Waals surface area contributed by atoms with Gasteiger partial charge in [-0.25, -0.2) is 9.97 Å². The lowest BCUT2D eigenvalue weighted by Crippen LogP contribution is -2.22. The Kier molecular flexibility index (Phi) is 3.78. The topological polar surface area (TPSA) is 82.8 Å². The fourth-order valence-corrected chi connectivity index (χ4v) is 2.16. The quantitative estimate of drug-likeness (QED) is 0.722. The van der Waals surface area contributed by atoms with Crippen LogP contribution in [0.4, 0.5) is 0 Å². The van der Waals surface area contributed by atoms with Gasteiger partial charge in [0.15, 0.2) is 5.65 Å². The number of rotatable bonds is 4. The van der Waals surface area contributed by atoms with Crippen molar-refractivity contribution in [1.82, 2.24) is 24.5 Å². The normalized spacial score (nSPS) is 10.8. The molecule has 3 aromatic heterocycles. The second-order valence-electron chi connectivity index (χ2n) is 4.72. The first-order chi connectivity index (χ1) is 10.7.